The van der Waals surface area contributed by atoms with E-state index in [1.165, 1.54) is 23.0 Å². The Bertz CT molecular complexity index is 1770. The van der Waals surface area contributed by atoms with Crippen LogP contribution in [0.25, 0.3) is 11.1 Å². The SMILES string of the molecule is NC(=O)c1cc(-c2cccnc2[C@H](Cc2cc(F)cc(F)c2)NC(=O)Cn2nc(C(=O)O)c3c2C2CCC3C2)ccc1F. The number of benzene rings is 2. The number of rotatable bonds is 9. The smallest absolute Gasteiger partial charge is 0.356 e. The number of pyridine rings is 1. The molecule has 1 fully saturated rings. The van der Waals surface area contributed by atoms with Crippen LogP contribution in [0.15, 0.2) is 54.7 Å². The lowest BCUT2D eigenvalue weighted by molar-refractivity contribution is -0.122. The molecule has 0 saturated heterocycles. The van der Waals surface area contributed by atoms with Crippen molar-refractivity contribution in [3.63, 3.8) is 0 Å². The lowest BCUT2D eigenvalue weighted by atomic mass is 9.94. The molecule has 2 bridgehead atoms. The third-order valence-corrected chi connectivity index (χ3v) is 8.16. The van der Waals surface area contributed by atoms with Crippen LogP contribution in [-0.2, 0) is 17.8 Å². The summed E-state index contributed by atoms with van der Waals surface area (Å²) < 4.78 is 43.9. The largest absolute Gasteiger partial charge is 0.476 e. The molecule has 12 heteroatoms. The van der Waals surface area contributed by atoms with Crippen molar-refractivity contribution in [3.8, 4) is 11.1 Å². The standard InChI is InChI=1S/C31H26F3N5O4/c32-19-8-15(9-20(33)13-19)10-24(27-21(2-1-7-36-27)16-5-6-23(34)22(12-16)30(35)41)37-25(40)14-39-29-18-4-3-17(11-18)26(29)28(38-39)31(42)43/h1-2,5-9,12-13,17-18,24H,3-4,10-11,14H2,(H2,35,41)(H,37,40)(H,42,43)/t17?,18?,24-/m0/s1. The van der Waals surface area contributed by atoms with Gasteiger partial charge in [-0.3, -0.25) is 19.3 Å². The summed E-state index contributed by atoms with van der Waals surface area (Å²) in [4.78, 5) is 41.7. The van der Waals surface area contributed by atoms with Crippen LogP contribution in [0.1, 0.15) is 80.5 Å². The first-order valence-electron chi connectivity index (χ1n) is 13.7. The first-order valence-corrected chi connectivity index (χ1v) is 13.7. The molecule has 2 aliphatic carbocycles. The number of aromatic nitrogens is 3. The Hall–Kier alpha value is -5.00. The van der Waals surface area contributed by atoms with Crippen LogP contribution in [-0.4, -0.2) is 37.7 Å². The number of hydrogen-bond donors (Lipinski definition) is 3. The second kappa shape index (κ2) is 11.0. The topological polar surface area (TPSA) is 140 Å². The monoisotopic (exact) mass is 589 g/mol. The summed E-state index contributed by atoms with van der Waals surface area (Å²) in [6, 6.07) is 9.14. The molecule has 6 rings (SSSR count). The molecule has 4 aromatic rings. The summed E-state index contributed by atoms with van der Waals surface area (Å²) in [5, 5.41) is 16.9. The van der Waals surface area contributed by atoms with Crippen LogP contribution in [0.5, 0.6) is 0 Å². The number of nitrogens with one attached hydrogen (secondary N) is 1. The van der Waals surface area contributed by atoms with Crippen molar-refractivity contribution in [2.24, 2.45) is 5.73 Å². The Morgan fingerprint density at radius 1 is 1.05 bits per heavy atom. The number of amides is 2. The molecular weight excluding hydrogens is 563 g/mol. The van der Waals surface area contributed by atoms with Crippen molar-refractivity contribution in [2.45, 2.75) is 50.1 Å². The molecule has 9 nitrogen and oxygen atoms in total. The van der Waals surface area contributed by atoms with Gasteiger partial charge < -0.3 is 16.2 Å². The predicted octanol–water partition coefficient (Wildman–Crippen LogP) is 4.62. The number of nitrogens with two attached hydrogens (primary N) is 1. The second-order valence-electron chi connectivity index (χ2n) is 10.9. The minimum Gasteiger partial charge on any atom is -0.476 e. The Morgan fingerprint density at radius 2 is 1.79 bits per heavy atom. The van der Waals surface area contributed by atoms with E-state index in [1.54, 1.807) is 12.1 Å². The van der Waals surface area contributed by atoms with Gasteiger partial charge >= 0.3 is 5.97 Å². The highest BCUT2D eigenvalue weighted by Gasteiger charge is 2.44. The Labute approximate surface area is 243 Å². The number of aromatic carboxylic acids is 1. The van der Waals surface area contributed by atoms with Gasteiger partial charge in [0.15, 0.2) is 5.69 Å². The van der Waals surface area contributed by atoms with Crippen molar-refractivity contribution in [1.29, 1.82) is 0 Å². The molecule has 2 aromatic carbocycles. The maximum atomic E-state index is 14.3. The van der Waals surface area contributed by atoms with Crippen LogP contribution in [0, 0.1) is 17.5 Å². The van der Waals surface area contributed by atoms with Crippen LogP contribution in [0.3, 0.4) is 0 Å². The van der Waals surface area contributed by atoms with Gasteiger partial charge in [0.1, 0.15) is 24.0 Å². The molecule has 1 saturated carbocycles. The first-order chi connectivity index (χ1) is 20.6. The Kier molecular flexibility index (Phi) is 7.20. The average molecular weight is 590 g/mol. The third-order valence-electron chi connectivity index (χ3n) is 8.16. The van der Waals surface area contributed by atoms with Crippen molar-refractivity contribution in [2.75, 3.05) is 0 Å². The Balaban J connectivity index is 1.37. The molecule has 2 unspecified atom stereocenters. The average Bonchev–Trinajstić information content (AvgIpc) is 3.66. The zero-order chi connectivity index (χ0) is 30.4. The number of nitrogens with zero attached hydrogens (tertiary/aromatic N) is 3. The quantitative estimate of drug-likeness (QED) is 0.260. The van der Waals surface area contributed by atoms with Crippen molar-refractivity contribution < 1.29 is 32.7 Å². The highest BCUT2D eigenvalue weighted by atomic mass is 19.1. The molecule has 0 radical (unpaired) electrons. The van der Waals surface area contributed by atoms with Gasteiger partial charge in [-0.15, -0.1) is 0 Å². The molecule has 4 N–H and O–H groups in total. The van der Waals surface area contributed by atoms with E-state index in [4.69, 9.17) is 5.73 Å². The molecule has 2 aliphatic rings. The predicted molar refractivity (Wildman–Crippen MR) is 148 cm³/mol. The van der Waals surface area contributed by atoms with Crippen LogP contribution < -0.4 is 11.1 Å². The molecule has 43 heavy (non-hydrogen) atoms. The summed E-state index contributed by atoms with van der Waals surface area (Å²) in [6.07, 6.45) is 3.99. The minimum absolute atomic E-state index is 0.0460. The van der Waals surface area contributed by atoms with E-state index in [-0.39, 0.29) is 41.6 Å². The maximum absolute atomic E-state index is 14.3. The van der Waals surface area contributed by atoms with Gasteiger partial charge in [0.2, 0.25) is 5.91 Å². The maximum Gasteiger partial charge on any atom is 0.356 e. The zero-order valence-corrected chi connectivity index (χ0v) is 22.7. The van der Waals surface area contributed by atoms with Crippen molar-refractivity contribution >= 4 is 17.8 Å². The molecule has 0 spiro atoms. The van der Waals surface area contributed by atoms with E-state index in [0.717, 1.165) is 49.2 Å². The minimum atomic E-state index is -1.15. The van der Waals surface area contributed by atoms with Crippen LogP contribution in [0.2, 0.25) is 0 Å². The van der Waals surface area contributed by atoms with Gasteiger partial charge in [0.05, 0.1) is 17.3 Å². The van der Waals surface area contributed by atoms with E-state index in [9.17, 15) is 32.7 Å². The lowest BCUT2D eigenvalue weighted by Crippen LogP contribution is -2.34. The molecule has 220 valence electrons. The number of carboxylic acid groups (broad SMARTS) is 1. The highest BCUT2D eigenvalue weighted by Crippen LogP contribution is 2.54. The molecule has 2 aromatic heterocycles. The van der Waals surface area contributed by atoms with Crippen LogP contribution in [0.4, 0.5) is 13.2 Å². The van der Waals surface area contributed by atoms with E-state index >= 15 is 0 Å². The number of primary amides is 1. The number of fused-ring (bicyclic) bond motifs is 5. The van der Waals surface area contributed by atoms with Gasteiger partial charge in [0.25, 0.3) is 5.91 Å². The zero-order valence-electron chi connectivity index (χ0n) is 22.7. The number of carbonyl (C=O) groups excluding carboxylic acids is 2. The van der Waals surface area contributed by atoms with Gasteiger partial charge in [-0.05, 0) is 73.1 Å². The summed E-state index contributed by atoms with van der Waals surface area (Å²) >= 11 is 0. The third kappa shape index (κ3) is 5.36. The van der Waals surface area contributed by atoms with Gasteiger partial charge in [-0.1, -0.05) is 12.1 Å². The summed E-state index contributed by atoms with van der Waals surface area (Å²) in [6.45, 7) is -0.280. The highest BCUT2D eigenvalue weighted by molar-refractivity contribution is 5.94. The number of carbonyl (C=O) groups is 3. The van der Waals surface area contributed by atoms with Gasteiger partial charge in [0, 0.05) is 35.0 Å². The summed E-state index contributed by atoms with van der Waals surface area (Å²) in [7, 11) is 0. The Morgan fingerprint density at radius 3 is 2.51 bits per heavy atom. The normalized spacial score (nSPS) is 17.5. The fraction of sp³-hybridized carbons (Fsp3) is 0.258. The molecule has 2 heterocycles. The van der Waals surface area contributed by atoms with Crippen LogP contribution >= 0.6 is 0 Å². The second-order valence-corrected chi connectivity index (χ2v) is 10.9. The number of hydrogen-bond acceptors (Lipinski definition) is 5. The van der Waals surface area contributed by atoms with Crippen molar-refractivity contribution in [1.82, 2.24) is 20.1 Å². The van der Waals surface area contributed by atoms with E-state index in [1.807, 2.05) is 0 Å². The fourth-order valence-corrected chi connectivity index (χ4v) is 6.47. The van der Waals surface area contributed by atoms with Gasteiger partial charge in [-0.2, -0.15) is 5.10 Å². The van der Waals surface area contributed by atoms with Crippen molar-refractivity contribution in [3.05, 3.63) is 106 Å². The molecule has 0 aliphatic heterocycles. The van der Waals surface area contributed by atoms with Gasteiger partial charge in [-0.25, -0.2) is 18.0 Å². The number of halogens is 3. The molecular formula is C31H26F3N5O4. The number of carboxylic acids is 1. The molecule has 2 amide bonds. The van der Waals surface area contributed by atoms with E-state index in [0.29, 0.717) is 22.4 Å². The summed E-state index contributed by atoms with van der Waals surface area (Å²) in [5.41, 5.74) is 7.75. The molecule has 3 atom stereocenters. The first kappa shape index (κ1) is 28.1. The van der Waals surface area contributed by atoms with E-state index < -0.39 is 41.3 Å². The lowest BCUT2D eigenvalue weighted by Gasteiger charge is -2.22. The van der Waals surface area contributed by atoms with E-state index in [2.05, 4.69) is 15.4 Å². The fourth-order valence-electron chi connectivity index (χ4n) is 6.47. The summed E-state index contributed by atoms with van der Waals surface area (Å²) in [5.74, 6) is -4.81.